The summed E-state index contributed by atoms with van der Waals surface area (Å²) in [4.78, 5) is 27.7. The van der Waals surface area contributed by atoms with Crippen molar-refractivity contribution in [1.29, 1.82) is 0 Å². The van der Waals surface area contributed by atoms with Crippen molar-refractivity contribution in [2.75, 3.05) is 0 Å². The topological polar surface area (TPSA) is 47.0 Å². The van der Waals surface area contributed by atoms with E-state index in [4.69, 9.17) is 0 Å². The molecule has 3 heteroatoms. The number of Topliss-reactive ketones (excluding diaryl/α,β-unsaturated/α-hetero) is 2. The van der Waals surface area contributed by atoms with Crippen molar-refractivity contribution in [2.24, 2.45) is 0 Å². The van der Waals surface area contributed by atoms with Gasteiger partial charge in [0.1, 0.15) is 0 Å². The Bertz CT molecular complexity index is 520. The Kier molecular flexibility index (Phi) is 1.86. The van der Waals surface area contributed by atoms with Crippen LogP contribution in [0, 0.1) is 0 Å². The van der Waals surface area contributed by atoms with Crippen LogP contribution in [0.5, 0.6) is 0 Å². The molecule has 0 saturated heterocycles. The van der Waals surface area contributed by atoms with Crippen LogP contribution in [0.3, 0.4) is 0 Å². The summed E-state index contributed by atoms with van der Waals surface area (Å²) in [5.41, 5.74) is 2.50. The maximum Gasteiger partial charge on any atom is 0.168 e. The molecule has 16 heavy (non-hydrogen) atoms. The summed E-state index contributed by atoms with van der Waals surface area (Å²) in [6.07, 6.45) is 8.08. The van der Waals surface area contributed by atoms with Gasteiger partial charge in [-0.3, -0.25) is 9.59 Å². The van der Waals surface area contributed by atoms with Gasteiger partial charge in [-0.05, 0) is 18.2 Å². The average molecular weight is 211 g/mol. The van der Waals surface area contributed by atoms with Gasteiger partial charge >= 0.3 is 0 Å². The number of hydrogen-bond acceptors (Lipinski definition) is 3. The van der Waals surface area contributed by atoms with Crippen LogP contribution < -0.4 is 0 Å². The lowest BCUT2D eigenvalue weighted by Crippen LogP contribution is -2.13. The molecular formula is C13H9NO2. The third-order valence-electron chi connectivity index (χ3n) is 2.84. The summed E-state index contributed by atoms with van der Waals surface area (Å²) in [5.74, 6) is 0.0744. The van der Waals surface area contributed by atoms with E-state index in [1.807, 2.05) is 12.2 Å². The fourth-order valence-corrected chi connectivity index (χ4v) is 2.02. The van der Waals surface area contributed by atoms with E-state index in [0.29, 0.717) is 35.4 Å². The van der Waals surface area contributed by atoms with Crippen molar-refractivity contribution in [3.05, 3.63) is 40.7 Å². The molecule has 1 aromatic heterocycles. The van der Waals surface area contributed by atoms with Crippen molar-refractivity contribution < 1.29 is 9.59 Å². The molecule has 0 atom stereocenters. The van der Waals surface area contributed by atoms with E-state index in [2.05, 4.69) is 4.98 Å². The Morgan fingerprint density at radius 2 is 1.38 bits per heavy atom. The summed E-state index contributed by atoms with van der Waals surface area (Å²) < 4.78 is 0. The smallest absolute Gasteiger partial charge is 0.168 e. The minimum atomic E-state index is 0.0372. The van der Waals surface area contributed by atoms with E-state index in [0.717, 1.165) is 0 Å². The van der Waals surface area contributed by atoms with Gasteiger partial charge in [0.2, 0.25) is 0 Å². The molecule has 0 saturated carbocycles. The molecule has 0 radical (unpaired) electrons. The Morgan fingerprint density at radius 1 is 0.875 bits per heavy atom. The van der Waals surface area contributed by atoms with Crippen molar-refractivity contribution in [3.8, 4) is 0 Å². The highest BCUT2D eigenvalue weighted by atomic mass is 16.1. The summed E-state index contributed by atoms with van der Waals surface area (Å²) >= 11 is 0. The fourth-order valence-electron chi connectivity index (χ4n) is 2.02. The third-order valence-corrected chi connectivity index (χ3v) is 2.84. The number of carbonyl (C=O) groups excluding carboxylic acids is 2. The Labute approximate surface area is 92.5 Å². The zero-order valence-electron chi connectivity index (χ0n) is 8.56. The first-order chi connectivity index (χ1) is 7.75. The molecule has 0 spiro atoms. The van der Waals surface area contributed by atoms with Crippen molar-refractivity contribution >= 4 is 23.7 Å². The highest BCUT2D eigenvalue weighted by Gasteiger charge is 2.21. The summed E-state index contributed by atoms with van der Waals surface area (Å²) in [6, 6.07) is 1.69. The highest BCUT2D eigenvalue weighted by molar-refractivity contribution is 6.07. The molecule has 1 heterocycles. The number of hydrogen-bond donors (Lipinski definition) is 0. The molecule has 0 N–H and O–H groups in total. The van der Waals surface area contributed by atoms with Gasteiger partial charge < -0.3 is 0 Å². The Morgan fingerprint density at radius 3 is 1.88 bits per heavy atom. The normalized spacial score (nSPS) is 17.2. The van der Waals surface area contributed by atoms with Crippen LogP contribution in [-0.2, 0) is 0 Å². The quantitative estimate of drug-likeness (QED) is 0.661. The molecule has 3 rings (SSSR count). The van der Waals surface area contributed by atoms with Crippen LogP contribution in [0.1, 0.15) is 44.9 Å². The van der Waals surface area contributed by atoms with E-state index in [-0.39, 0.29) is 11.6 Å². The molecule has 0 aromatic carbocycles. The second-order valence-corrected chi connectivity index (χ2v) is 3.91. The first kappa shape index (κ1) is 9.21. The summed E-state index contributed by atoms with van der Waals surface area (Å²) in [7, 11) is 0. The number of pyridine rings is 1. The minimum absolute atomic E-state index is 0.0372. The van der Waals surface area contributed by atoms with Crippen LogP contribution in [0.25, 0.3) is 12.2 Å². The number of allylic oxidation sites excluding steroid dienone is 2. The van der Waals surface area contributed by atoms with Gasteiger partial charge in [-0.15, -0.1) is 0 Å². The monoisotopic (exact) mass is 211 g/mol. The zero-order valence-corrected chi connectivity index (χ0v) is 8.56. The second-order valence-electron chi connectivity index (χ2n) is 3.91. The lowest BCUT2D eigenvalue weighted by Gasteiger charge is -2.14. The zero-order chi connectivity index (χ0) is 11.1. The number of carbonyl (C=O) groups is 2. The first-order valence-corrected chi connectivity index (χ1v) is 5.20. The minimum Gasteiger partial charge on any atom is -0.294 e. The molecule has 0 bridgehead atoms. The van der Waals surface area contributed by atoms with Gasteiger partial charge in [0.15, 0.2) is 11.6 Å². The maximum atomic E-state index is 11.7. The molecule has 0 aliphatic heterocycles. The summed E-state index contributed by atoms with van der Waals surface area (Å²) in [6.45, 7) is 0. The summed E-state index contributed by atoms with van der Waals surface area (Å²) in [5, 5.41) is 0. The van der Waals surface area contributed by atoms with Crippen molar-refractivity contribution in [1.82, 2.24) is 4.98 Å². The molecule has 1 aromatic rings. The van der Waals surface area contributed by atoms with Gasteiger partial charge in [-0.2, -0.15) is 0 Å². The van der Waals surface area contributed by atoms with Crippen molar-refractivity contribution in [2.45, 2.75) is 12.8 Å². The fraction of sp³-hybridized carbons (Fsp3) is 0.154. The second kappa shape index (κ2) is 3.23. The van der Waals surface area contributed by atoms with Crippen LogP contribution in [0.4, 0.5) is 0 Å². The number of fused-ring (bicyclic) bond motifs is 2. The molecular weight excluding hydrogens is 202 g/mol. The van der Waals surface area contributed by atoms with E-state index in [1.54, 1.807) is 18.2 Å². The van der Waals surface area contributed by atoms with Crippen molar-refractivity contribution in [3.63, 3.8) is 0 Å². The van der Waals surface area contributed by atoms with Crippen LogP contribution in [0.15, 0.2) is 18.2 Å². The Hall–Kier alpha value is -2.03. The van der Waals surface area contributed by atoms with Crippen LogP contribution in [0.2, 0.25) is 0 Å². The molecule has 0 amide bonds. The molecule has 78 valence electrons. The lowest BCUT2D eigenvalue weighted by molar-refractivity contribution is 0.0993. The highest BCUT2D eigenvalue weighted by Crippen LogP contribution is 2.24. The number of nitrogens with zero attached hydrogens (tertiary/aromatic N) is 1. The van der Waals surface area contributed by atoms with E-state index in [9.17, 15) is 9.59 Å². The standard InChI is InChI=1S/C13H9NO2/c15-12-5-1-3-10-8(12)7-9-11(14-10)4-2-6-13(9)16/h1-4,7H,5-6H2. The largest absolute Gasteiger partial charge is 0.294 e. The van der Waals surface area contributed by atoms with Gasteiger partial charge in [-0.25, -0.2) is 4.98 Å². The SMILES string of the molecule is O=C1CC=Cc2nc3c(cc21)C(=O)CC=C3. The lowest BCUT2D eigenvalue weighted by atomic mass is 9.93. The molecule has 0 fully saturated rings. The average Bonchev–Trinajstić information content (AvgIpc) is 2.28. The van der Waals surface area contributed by atoms with Gasteiger partial charge in [-0.1, -0.05) is 12.2 Å². The predicted molar refractivity (Wildman–Crippen MR) is 60.2 cm³/mol. The van der Waals surface area contributed by atoms with E-state index >= 15 is 0 Å². The molecule has 2 aliphatic carbocycles. The van der Waals surface area contributed by atoms with Gasteiger partial charge in [0.25, 0.3) is 0 Å². The van der Waals surface area contributed by atoms with Gasteiger partial charge in [0.05, 0.1) is 11.4 Å². The van der Waals surface area contributed by atoms with Crippen LogP contribution >= 0.6 is 0 Å². The third kappa shape index (κ3) is 1.25. The number of rotatable bonds is 0. The predicted octanol–water partition coefficient (Wildman–Crippen LogP) is 2.28. The molecule has 2 aliphatic rings. The van der Waals surface area contributed by atoms with Crippen LogP contribution in [-0.4, -0.2) is 16.6 Å². The van der Waals surface area contributed by atoms with E-state index in [1.165, 1.54) is 0 Å². The molecule has 3 nitrogen and oxygen atoms in total. The van der Waals surface area contributed by atoms with Gasteiger partial charge in [0, 0.05) is 24.0 Å². The first-order valence-electron chi connectivity index (χ1n) is 5.20. The van der Waals surface area contributed by atoms with E-state index < -0.39 is 0 Å². The molecule has 0 unspecified atom stereocenters. The number of ketones is 2. The Balaban J connectivity index is 2.28. The maximum absolute atomic E-state index is 11.7. The number of aromatic nitrogens is 1.